The van der Waals surface area contributed by atoms with Crippen molar-refractivity contribution in [3.63, 3.8) is 0 Å². The zero-order chi connectivity index (χ0) is 24.9. The third-order valence-corrected chi connectivity index (χ3v) is 7.48. The van der Waals surface area contributed by atoms with Crippen molar-refractivity contribution in [2.45, 2.75) is 39.0 Å². The predicted octanol–water partition coefficient (Wildman–Crippen LogP) is 4.51. The number of benzene rings is 2. The van der Waals surface area contributed by atoms with Crippen LogP contribution in [0.5, 0.6) is 0 Å². The number of hydrogen-bond acceptors (Lipinski definition) is 4. The maximum Gasteiger partial charge on any atom is 0.407 e. The first-order valence-electron chi connectivity index (χ1n) is 12.5. The van der Waals surface area contributed by atoms with E-state index in [-0.39, 0.29) is 42.6 Å². The van der Waals surface area contributed by atoms with Gasteiger partial charge in [-0.3, -0.25) is 9.59 Å². The van der Waals surface area contributed by atoms with Crippen LogP contribution in [0.1, 0.15) is 50.2 Å². The minimum absolute atomic E-state index is 0.00295. The van der Waals surface area contributed by atoms with Gasteiger partial charge in [0, 0.05) is 32.0 Å². The minimum atomic E-state index is -0.824. The van der Waals surface area contributed by atoms with E-state index in [1.807, 2.05) is 38.1 Å². The smallest absolute Gasteiger partial charge is 0.407 e. The number of nitrogens with one attached hydrogen (secondary N) is 1. The molecule has 0 aromatic heterocycles. The lowest BCUT2D eigenvalue weighted by atomic mass is 9.95. The van der Waals surface area contributed by atoms with Crippen LogP contribution in [0.4, 0.5) is 4.79 Å². The maximum absolute atomic E-state index is 12.8. The summed E-state index contributed by atoms with van der Waals surface area (Å²) in [6.45, 7) is 5.69. The lowest BCUT2D eigenvalue weighted by molar-refractivity contribution is -0.138. The Balaban J connectivity index is 1.26. The van der Waals surface area contributed by atoms with Crippen molar-refractivity contribution in [1.29, 1.82) is 0 Å². The van der Waals surface area contributed by atoms with Gasteiger partial charge in [-0.15, -0.1) is 0 Å². The number of aliphatic carboxylic acids is 1. The molecule has 1 aliphatic heterocycles. The summed E-state index contributed by atoms with van der Waals surface area (Å²) >= 11 is 0. The van der Waals surface area contributed by atoms with E-state index in [9.17, 15) is 14.4 Å². The molecule has 0 bridgehead atoms. The third kappa shape index (κ3) is 5.66. The van der Waals surface area contributed by atoms with Crippen molar-refractivity contribution < 1.29 is 24.2 Å². The largest absolute Gasteiger partial charge is 0.481 e. The number of carboxylic acids is 1. The van der Waals surface area contributed by atoms with Gasteiger partial charge in [-0.2, -0.15) is 0 Å². The number of carbonyl (C=O) groups is 3. The Kier molecular flexibility index (Phi) is 7.73. The lowest BCUT2D eigenvalue weighted by Crippen LogP contribution is -2.35. The number of likely N-dealkylation sites (tertiary alicyclic amines) is 1. The highest BCUT2D eigenvalue weighted by Gasteiger charge is 2.34. The Morgan fingerprint density at radius 1 is 1.06 bits per heavy atom. The van der Waals surface area contributed by atoms with Gasteiger partial charge in [0.1, 0.15) is 6.61 Å². The zero-order valence-electron chi connectivity index (χ0n) is 20.4. The fourth-order valence-electron chi connectivity index (χ4n) is 5.34. The fourth-order valence-corrected chi connectivity index (χ4v) is 5.34. The number of amides is 2. The number of hydrogen-bond donors (Lipinski definition) is 2. The van der Waals surface area contributed by atoms with Gasteiger partial charge in [0.05, 0.1) is 6.42 Å². The van der Waals surface area contributed by atoms with Crippen LogP contribution in [0.15, 0.2) is 48.5 Å². The third-order valence-electron chi connectivity index (χ3n) is 7.48. The molecule has 7 nitrogen and oxygen atoms in total. The molecule has 3 unspecified atom stereocenters. The molecule has 2 aliphatic rings. The van der Waals surface area contributed by atoms with Gasteiger partial charge in [0.25, 0.3) is 0 Å². The molecule has 2 aromatic rings. The summed E-state index contributed by atoms with van der Waals surface area (Å²) in [6.07, 6.45) is 0.685. The molecule has 0 saturated carbocycles. The van der Waals surface area contributed by atoms with E-state index in [0.717, 1.165) is 6.42 Å². The second-order valence-electron chi connectivity index (χ2n) is 9.82. The molecule has 1 saturated heterocycles. The average Bonchev–Trinajstić information content (AvgIpc) is 3.37. The first-order valence-corrected chi connectivity index (χ1v) is 12.5. The highest BCUT2D eigenvalue weighted by Crippen LogP contribution is 2.44. The second-order valence-corrected chi connectivity index (χ2v) is 9.82. The van der Waals surface area contributed by atoms with Gasteiger partial charge in [0.15, 0.2) is 0 Å². The highest BCUT2D eigenvalue weighted by molar-refractivity contribution is 5.79. The van der Waals surface area contributed by atoms with Crippen molar-refractivity contribution in [2.75, 3.05) is 26.2 Å². The van der Waals surface area contributed by atoms with Crippen LogP contribution < -0.4 is 5.32 Å². The molecule has 0 spiro atoms. The normalized spacial score (nSPS) is 19.7. The van der Waals surface area contributed by atoms with E-state index >= 15 is 0 Å². The van der Waals surface area contributed by atoms with E-state index in [1.54, 1.807) is 4.90 Å². The van der Waals surface area contributed by atoms with Crippen LogP contribution in [-0.4, -0.2) is 54.2 Å². The molecule has 2 amide bonds. The Hall–Kier alpha value is -3.35. The number of nitrogens with zero attached hydrogens (tertiary/aromatic N) is 1. The van der Waals surface area contributed by atoms with Gasteiger partial charge >= 0.3 is 12.1 Å². The second kappa shape index (κ2) is 10.9. The van der Waals surface area contributed by atoms with Crippen LogP contribution >= 0.6 is 0 Å². The molecular weight excluding hydrogens is 444 g/mol. The lowest BCUT2D eigenvalue weighted by Gasteiger charge is -2.21. The van der Waals surface area contributed by atoms with Crippen LogP contribution in [-0.2, 0) is 14.3 Å². The number of fused-ring (bicyclic) bond motifs is 3. The summed E-state index contributed by atoms with van der Waals surface area (Å²) in [6, 6.07) is 16.4. The van der Waals surface area contributed by atoms with E-state index in [0.29, 0.717) is 26.1 Å². The summed E-state index contributed by atoms with van der Waals surface area (Å²) in [7, 11) is 0. The summed E-state index contributed by atoms with van der Waals surface area (Å²) < 4.78 is 5.60. The Labute approximate surface area is 206 Å². The van der Waals surface area contributed by atoms with Gasteiger partial charge in [0.2, 0.25) is 5.91 Å². The molecule has 186 valence electrons. The van der Waals surface area contributed by atoms with Crippen LogP contribution in [0.3, 0.4) is 0 Å². The first kappa shape index (κ1) is 24.8. The fraction of sp³-hybridized carbons (Fsp3) is 0.464. The van der Waals surface area contributed by atoms with Gasteiger partial charge < -0.3 is 20.1 Å². The van der Waals surface area contributed by atoms with E-state index in [2.05, 4.69) is 29.6 Å². The monoisotopic (exact) mass is 478 g/mol. The van der Waals surface area contributed by atoms with Crippen LogP contribution in [0.2, 0.25) is 0 Å². The van der Waals surface area contributed by atoms with Gasteiger partial charge in [-0.25, -0.2) is 4.79 Å². The van der Waals surface area contributed by atoms with Crippen LogP contribution in [0, 0.1) is 17.8 Å². The van der Waals surface area contributed by atoms with Crippen molar-refractivity contribution in [1.82, 2.24) is 10.2 Å². The molecule has 35 heavy (non-hydrogen) atoms. The molecule has 1 fully saturated rings. The number of carboxylic acid groups (broad SMARTS) is 1. The minimum Gasteiger partial charge on any atom is -0.481 e. The Morgan fingerprint density at radius 3 is 2.29 bits per heavy atom. The van der Waals surface area contributed by atoms with Crippen molar-refractivity contribution >= 4 is 18.0 Å². The van der Waals surface area contributed by atoms with E-state index in [4.69, 9.17) is 9.84 Å². The molecule has 0 radical (unpaired) electrons. The standard InChI is InChI=1S/C28H34N2O5/c1-3-19(12-26(31)30-15-18(2)20(16-30)13-27(32)33)14-29-28(34)35-17-25-23-10-6-4-8-21(23)22-9-5-7-11-24(22)25/h4-11,18-20,25H,3,12-17H2,1-2H3,(H,29,34)(H,32,33). The molecule has 2 aromatic carbocycles. The Bertz CT molecular complexity index is 1040. The molecular formula is C28H34N2O5. The predicted molar refractivity (Wildman–Crippen MR) is 133 cm³/mol. The summed E-state index contributed by atoms with van der Waals surface area (Å²) in [5.41, 5.74) is 4.70. The Morgan fingerprint density at radius 2 is 1.69 bits per heavy atom. The number of rotatable bonds is 9. The summed E-state index contributed by atoms with van der Waals surface area (Å²) in [5, 5.41) is 11.9. The van der Waals surface area contributed by atoms with Gasteiger partial charge in [-0.1, -0.05) is 68.8 Å². The topological polar surface area (TPSA) is 95.9 Å². The van der Waals surface area contributed by atoms with Gasteiger partial charge in [-0.05, 0) is 40.0 Å². The maximum atomic E-state index is 12.8. The summed E-state index contributed by atoms with van der Waals surface area (Å²) in [4.78, 5) is 38.1. The molecule has 4 rings (SSSR count). The number of carbonyl (C=O) groups excluding carboxylic acids is 2. The quantitative estimate of drug-likeness (QED) is 0.553. The van der Waals surface area contributed by atoms with E-state index < -0.39 is 12.1 Å². The molecule has 3 atom stereocenters. The number of ether oxygens (including phenoxy) is 1. The molecule has 7 heteroatoms. The summed E-state index contributed by atoms with van der Waals surface area (Å²) in [5.74, 6) is -0.630. The highest BCUT2D eigenvalue weighted by atomic mass is 16.5. The SMILES string of the molecule is CCC(CNC(=O)OCC1c2ccccc2-c2ccccc21)CC(=O)N1CC(C)C(CC(=O)O)C1. The molecule has 1 aliphatic carbocycles. The van der Waals surface area contributed by atoms with Crippen molar-refractivity contribution in [3.05, 3.63) is 59.7 Å². The first-order chi connectivity index (χ1) is 16.9. The zero-order valence-corrected chi connectivity index (χ0v) is 20.4. The van der Waals surface area contributed by atoms with Crippen LogP contribution in [0.25, 0.3) is 11.1 Å². The van der Waals surface area contributed by atoms with E-state index in [1.165, 1.54) is 22.3 Å². The number of alkyl carbamates (subject to hydrolysis) is 1. The average molecular weight is 479 g/mol. The molecule has 1 heterocycles. The molecule has 2 N–H and O–H groups in total. The van der Waals surface area contributed by atoms with Crippen molar-refractivity contribution in [3.8, 4) is 11.1 Å². The van der Waals surface area contributed by atoms with Crippen molar-refractivity contribution in [2.24, 2.45) is 17.8 Å².